The Bertz CT molecular complexity index is 535. The summed E-state index contributed by atoms with van der Waals surface area (Å²) in [6.45, 7) is 6.85. The zero-order valence-electron chi connectivity index (χ0n) is 13.4. The minimum atomic E-state index is -0.200. The van der Waals surface area contributed by atoms with Gasteiger partial charge in [-0.25, -0.2) is 0 Å². The molecule has 0 bridgehead atoms. The van der Waals surface area contributed by atoms with Crippen LogP contribution in [-0.2, 0) is 6.42 Å². The van der Waals surface area contributed by atoms with Gasteiger partial charge < -0.3 is 14.5 Å². The third-order valence-corrected chi connectivity index (χ3v) is 5.00. The number of aliphatic hydroxyl groups excluding tert-OH is 1. The highest BCUT2D eigenvalue weighted by Gasteiger charge is 2.34. The van der Waals surface area contributed by atoms with Crippen LogP contribution in [0, 0.1) is 6.92 Å². The van der Waals surface area contributed by atoms with Crippen LogP contribution in [-0.4, -0.2) is 64.3 Å². The maximum atomic E-state index is 12.7. The van der Waals surface area contributed by atoms with Gasteiger partial charge in [-0.05, 0) is 32.6 Å². The third kappa shape index (κ3) is 2.77. The highest BCUT2D eigenvalue weighted by molar-refractivity contribution is 5.96. The van der Waals surface area contributed by atoms with Crippen molar-refractivity contribution in [2.75, 3.05) is 26.2 Å². The monoisotopic (exact) mass is 307 g/mol. The summed E-state index contributed by atoms with van der Waals surface area (Å²) in [5.74, 6) is 0.637. The van der Waals surface area contributed by atoms with E-state index in [-0.39, 0.29) is 18.1 Å². The molecule has 0 spiro atoms. The SMILES string of the molecule is CCc1noc(C)c1C(=O)N1CCN([C@@H]2CCC[C@H]2O)CC1. The van der Waals surface area contributed by atoms with Gasteiger partial charge >= 0.3 is 0 Å². The molecule has 2 fully saturated rings. The van der Waals surface area contributed by atoms with E-state index < -0.39 is 0 Å². The van der Waals surface area contributed by atoms with E-state index in [1.54, 1.807) is 6.92 Å². The molecule has 6 heteroatoms. The fraction of sp³-hybridized carbons (Fsp3) is 0.750. The van der Waals surface area contributed by atoms with Crippen molar-refractivity contribution in [2.24, 2.45) is 0 Å². The quantitative estimate of drug-likeness (QED) is 0.909. The van der Waals surface area contributed by atoms with E-state index in [0.29, 0.717) is 30.8 Å². The van der Waals surface area contributed by atoms with Crippen LogP contribution < -0.4 is 0 Å². The van der Waals surface area contributed by atoms with Gasteiger partial charge in [-0.3, -0.25) is 9.69 Å². The molecular weight excluding hydrogens is 282 g/mol. The third-order valence-electron chi connectivity index (χ3n) is 5.00. The molecule has 1 saturated carbocycles. The van der Waals surface area contributed by atoms with Crippen LogP contribution in [0.4, 0.5) is 0 Å². The molecule has 2 atom stereocenters. The van der Waals surface area contributed by atoms with E-state index in [1.807, 2.05) is 11.8 Å². The Morgan fingerprint density at radius 1 is 1.32 bits per heavy atom. The van der Waals surface area contributed by atoms with E-state index in [2.05, 4.69) is 10.1 Å². The van der Waals surface area contributed by atoms with Crippen molar-refractivity contribution in [3.8, 4) is 0 Å². The summed E-state index contributed by atoms with van der Waals surface area (Å²) >= 11 is 0. The van der Waals surface area contributed by atoms with E-state index in [1.165, 1.54) is 0 Å². The Morgan fingerprint density at radius 3 is 2.64 bits per heavy atom. The molecule has 122 valence electrons. The average Bonchev–Trinajstić information content (AvgIpc) is 3.12. The molecule has 2 aliphatic rings. The van der Waals surface area contributed by atoms with Crippen molar-refractivity contribution in [2.45, 2.75) is 51.7 Å². The Labute approximate surface area is 131 Å². The normalized spacial score (nSPS) is 26.6. The number of hydrogen-bond donors (Lipinski definition) is 1. The number of aliphatic hydroxyl groups is 1. The maximum absolute atomic E-state index is 12.7. The van der Waals surface area contributed by atoms with Crippen molar-refractivity contribution >= 4 is 5.91 Å². The molecule has 0 unspecified atom stereocenters. The van der Waals surface area contributed by atoms with Crippen LogP contribution in [0.15, 0.2) is 4.52 Å². The number of nitrogens with zero attached hydrogens (tertiary/aromatic N) is 3. The Balaban J connectivity index is 1.63. The lowest BCUT2D eigenvalue weighted by Gasteiger charge is -2.39. The second-order valence-electron chi connectivity index (χ2n) is 6.31. The molecule has 0 radical (unpaired) electrons. The van der Waals surface area contributed by atoms with Crippen molar-refractivity contribution in [3.63, 3.8) is 0 Å². The summed E-state index contributed by atoms with van der Waals surface area (Å²) in [5.41, 5.74) is 1.38. The topological polar surface area (TPSA) is 69.8 Å². The number of aromatic nitrogens is 1. The highest BCUT2D eigenvalue weighted by atomic mass is 16.5. The standard InChI is InChI=1S/C16H25N3O3/c1-3-12-15(11(2)22-17-12)16(21)19-9-7-18(8-10-19)13-5-4-6-14(13)20/h13-14,20H,3-10H2,1-2H3/t13-,14-/m1/s1. The Kier molecular flexibility index (Phi) is 4.49. The first kappa shape index (κ1) is 15.5. The molecule has 1 aromatic rings. The summed E-state index contributed by atoms with van der Waals surface area (Å²) in [6.07, 6.45) is 3.58. The largest absolute Gasteiger partial charge is 0.391 e. The molecule has 1 aliphatic carbocycles. The number of piperazine rings is 1. The molecule has 1 saturated heterocycles. The van der Waals surface area contributed by atoms with Gasteiger partial charge in [0.15, 0.2) is 0 Å². The Hall–Kier alpha value is -1.40. The zero-order valence-corrected chi connectivity index (χ0v) is 13.4. The summed E-state index contributed by atoms with van der Waals surface area (Å²) in [7, 11) is 0. The molecule has 22 heavy (non-hydrogen) atoms. The van der Waals surface area contributed by atoms with Gasteiger partial charge in [0, 0.05) is 32.2 Å². The molecule has 0 aromatic carbocycles. The predicted molar refractivity (Wildman–Crippen MR) is 81.7 cm³/mol. The second kappa shape index (κ2) is 6.38. The Morgan fingerprint density at radius 2 is 2.05 bits per heavy atom. The smallest absolute Gasteiger partial charge is 0.259 e. The van der Waals surface area contributed by atoms with Crippen molar-refractivity contribution < 1.29 is 14.4 Å². The summed E-state index contributed by atoms with van der Waals surface area (Å²) in [6, 6.07) is 0.279. The minimum Gasteiger partial charge on any atom is -0.391 e. The minimum absolute atomic E-state index is 0.0298. The van der Waals surface area contributed by atoms with Crippen molar-refractivity contribution in [1.82, 2.24) is 15.0 Å². The fourth-order valence-electron chi connectivity index (χ4n) is 3.69. The first-order valence-corrected chi connectivity index (χ1v) is 8.28. The van der Waals surface area contributed by atoms with Crippen LogP contribution in [0.3, 0.4) is 0 Å². The van der Waals surface area contributed by atoms with Gasteiger partial charge in [-0.1, -0.05) is 12.1 Å². The first-order chi connectivity index (χ1) is 10.6. The van der Waals surface area contributed by atoms with Gasteiger partial charge in [-0.15, -0.1) is 0 Å². The van der Waals surface area contributed by atoms with Crippen LogP contribution in [0.25, 0.3) is 0 Å². The first-order valence-electron chi connectivity index (χ1n) is 8.28. The molecule has 1 aliphatic heterocycles. The van der Waals surface area contributed by atoms with Crippen LogP contribution >= 0.6 is 0 Å². The number of carbonyl (C=O) groups is 1. The summed E-state index contributed by atoms with van der Waals surface area (Å²) in [5, 5.41) is 14.0. The zero-order chi connectivity index (χ0) is 15.7. The lowest BCUT2D eigenvalue weighted by Crippen LogP contribution is -2.53. The number of carbonyl (C=O) groups excluding carboxylic acids is 1. The molecule has 1 N–H and O–H groups in total. The average molecular weight is 307 g/mol. The number of aryl methyl sites for hydroxylation is 2. The van der Waals surface area contributed by atoms with Crippen molar-refractivity contribution in [1.29, 1.82) is 0 Å². The number of hydrogen-bond acceptors (Lipinski definition) is 5. The van der Waals surface area contributed by atoms with E-state index in [9.17, 15) is 9.90 Å². The lowest BCUT2D eigenvalue weighted by molar-refractivity contribution is 0.0314. The molecule has 6 nitrogen and oxygen atoms in total. The molecule has 1 amide bonds. The fourth-order valence-corrected chi connectivity index (χ4v) is 3.69. The maximum Gasteiger partial charge on any atom is 0.259 e. The van der Waals surface area contributed by atoms with Crippen molar-refractivity contribution in [3.05, 3.63) is 17.0 Å². The second-order valence-corrected chi connectivity index (χ2v) is 6.31. The van der Waals surface area contributed by atoms with Gasteiger partial charge in [-0.2, -0.15) is 0 Å². The number of amides is 1. The van der Waals surface area contributed by atoms with Gasteiger partial charge in [0.05, 0.1) is 11.8 Å². The lowest BCUT2D eigenvalue weighted by atomic mass is 10.1. The van der Waals surface area contributed by atoms with Crippen LogP contribution in [0.5, 0.6) is 0 Å². The van der Waals surface area contributed by atoms with Crippen LogP contribution in [0.2, 0.25) is 0 Å². The molecule has 1 aromatic heterocycles. The van der Waals surface area contributed by atoms with Gasteiger partial charge in [0.25, 0.3) is 5.91 Å². The summed E-state index contributed by atoms with van der Waals surface area (Å²) in [4.78, 5) is 16.9. The summed E-state index contributed by atoms with van der Waals surface area (Å²) < 4.78 is 5.17. The number of rotatable bonds is 3. The highest BCUT2D eigenvalue weighted by Crippen LogP contribution is 2.25. The van der Waals surface area contributed by atoms with Gasteiger partial charge in [0.1, 0.15) is 11.3 Å². The van der Waals surface area contributed by atoms with Crippen LogP contribution in [0.1, 0.15) is 48.0 Å². The van der Waals surface area contributed by atoms with Gasteiger partial charge in [0.2, 0.25) is 0 Å². The molecule has 2 heterocycles. The van der Waals surface area contributed by atoms with E-state index in [4.69, 9.17) is 4.52 Å². The van der Waals surface area contributed by atoms with E-state index in [0.717, 1.165) is 38.0 Å². The predicted octanol–water partition coefficient (Wildman–Crippen LogP) is 1.22. The molecule has 3 rings (SSSR count). The van der Waals surface area contributed by atoms with E-state index >= 15 is 0 Å². The molecular formula is C16H25N3O3.